The lowest BCUT2D eigenvalue weighted by atomic mass is 10.2. The summed E-state index contributed by atoms with van der Waals surface area (Å²) in [7, 11) is 1.57. The van der Waals surface area contributed by atoms with Crippen molar-refractivity contribution in [1.82, 2.24) is 15.0 Å². The van der Waals surface area contributed by atoms with Gasteiger partial charge in [0.2, 0.25) is 17.6 Å². The molecule has 10 heteroatoms. The summed E-state index contributed by atoms with van der Waals surface area (Å²) in [5.41, 5.74) is 1.42. The van der Waals surface area contributed by atoms with E-state index in [2.05, 4.69) is 10.1 Å². The number of nitrogens with zero attached hydrogens (tertiary/aromatic N) is 4. The number of ether oxygens (including phenoxy) is 2. The van der Waals surface area contributed by atoms with E-state index in [1.807, 2.05) is 30.3 Å². The molecular weight excluding hydrogens is 416 g/mol. The standard InChI is InChI=1S/C22H24N4O6/c1-30-13-12-25(21(27)16-31-15-17-6-3-2-4-7-17)11-10-20-23-22(24-32-20)18-8-5-9-19(14-18)26(28)29/h2-9,14H,10-13,15-16H2,1H3. The Kier molecular flexibility index (Phi) is 8.41. The normalized spacial score (nSPS) is 10.8. The van der Waals surface area contributed by atoms with Gasteiger partial charge in [0.25, 0.3) is 5.69 Å². The number of hydrogen-bond donors (Lipinski definition) is 0. The van der Waals surface area contributed by atoms with Crippen LogP contribution in [0.1, 0.15) is 11.5 Å². The molecule has 0 aliphatic rings. The molecule has 10 nitrogen and oxygen atoms in total. The van der Waals surface area contributed by atoms with Crippen LogP contribution in [0.5, 0.6) is 0 Å². The van der Waals surface area contributed by atoms with Gasteiger partial charge < -0.3 is 18.9 Å². The Bertz CT molecular complexity index is 1020. The van der Waals surface area contributed by atoms with Gasteiger partial charge >= 0.3 is 0 Å². The molecule has 0 spiro atoms. The molecule has 0 bridgehead atoms. The zero-order valence-electron chi connectivity index (χ0n) is 17.7. The molecule has 0 saturated heterocycles. The molecule has 0 unspecified atom stereocenters. The molecule has 1 aromatic heterocycles. The second kappa shape index (κ2) is 11.7. The number of nitro benzene ring substituents is 1. The summed E-state index contributed by atoms with van der Waals surface area (Å²) in [6.07, 6.45) is 0.329. The van der Waals surface area contributed by atoms with Gasteiger partial charge in [0, 0.05) is 44.3 Å². The number of carbonyl (C=O) groups excluding carboxylic acids is 1. The Labute approximate surface area is 184 Å². The average Bonchev–Trinajstić information content (AvgIpc) is 3.29. The van der Waals surface area contributed by atoms with Gasteiger partial charge in [-0.2, -0.15) is 4.98 Å². The Morgan fingerprint density at radius 3 is 2.72 bits per heavy atom. The minimum absolute atomic E-state index is 0.0542. The fraction of sp³-hybridized carbons (Fsp3) is 0.318. The highest BCUT2D eigenvalue weighted by molar-refractivity contribution is 5.77. The quantitative estimate of drug-likeness (QED) is 0.311. The molecule has 0 aliphatic carbocycles. The second-order valence-electron chi connectivity index (χ2n) is 6.92. The van der Waals surface area contributed by atoms with E-state index < -0.39 is 4.92 Å². The van der Waals surface area contributed by atoms with E-state index in [1.165, 1.54) is 12.1 Å². The summed E-state index contributed by atoms with van der Waals surface area (Å²) < 4.78 is 15.9. The SMILES string of the molecule is COCCN(CCc1nc(-c2cccc([N+](=O)[O-])c2)no1)C(=O)COCc1ccccc1. The average molecular weight is 440 g/mol. The number of non-ortho nitro benzene ring substituents is 1. The van der Waals surface area contributed by atoms with Crippen molar-refractivity contribution in [3.8, 4) is 11.4 Å². The van der Waals surface area contributed by atoms with E-state index in [-0.39, 0.29) is 24.0 Å². The molecule has 3 rings (SSSR count). The first-order valence-electron chi connectivity index (χ1n) is 10.0. The van der Waals surface area contributed by atoms with Crippen LogP contribution >= 0.6 is 0 Å². The van der Waals surface area contributed by atoms with Crippen molar-refractivity contribution in [3.63, 3.8) is 0 Å². The van der Waals surface area contributed by atoms with Crippen LogP contribution in [0.25, 0.3) is 11.4 Å². The maximum absolute atomic E-state index is 12.6. The highest BCUT2D eigenvalue weighted by atomic mass is 16.6. The van der Waals surface area contributed by atoms with Crippen molar-refractivity contribution in [2.45, 2.75) is 13.0 Å². The molecule has 0 fully saturated rings. The molecule has 0 N–H and O–H groups in total. The van der Waals surface area contributed by atoms with Crippen LogP contribution in [0.4, 0.5) is 5.69 Å². The van der Waals surface area contributed by atoms with Crippen molar-refractivity contribution in [2.24, 2.45) is 0 Å². The predicted octanol–water partition coefficient (Wildman–Crippen LogP) is 2.88. The number of amides is 1. The third-order valence-corrected chi connectivity index (χ3v) is 4.63. The van der Waals surface area contributed by atoms with Crippen molar-refractivity contribution >= 4 is 11.6 Å². The van der Waals surface area contributed by atoms with Crippen LogP contribution in [0, 0.1) is 10.1 Å². The molecule has 0 aliphatic heterocycles. The number of rotatable bonds is 12. The fourth-order valence-corrected chi connectivity index (χ4v) is 2.95. The number of benzene rings is 2. The lowest BCUT2D eigenvalue weighted by Crippen LogP contribution is -2.38. The summed E-state index contributed by atoms with van der Waals surface area (Å²) >= 11 is 0. The fourth-order valence-electron chi connectivity index (χ4n) is 2.95. The van der Waals surface area contributed by atoms with Crippen molar-refractivity contribution in [2.75, 3.05) is 33.4 Å². The molecular formula is C22H24N4O6. The van der Waals surface area contributed by atoms with Crippen LogP contribution in [-0.2, 0) is 27.3 Å². The maximum atomic E-state index is 12.6. The van der Waals surface area contributed by atoms with Gasteiger partial charge in [-0.05, 0) is 5.56 Å². The first-order chi connectivity index (χ1) is 15.6. The molecule has 1 heterocycles. The molecule has 2 aromatic carbocycles. The van der Waals surface area contributed by atoms with Gasteiger partial charge in [0.1, 0.15) is 6.61 Å². The molecule has 0 atom stereocenters. The predicted molar refractivity (Wildman–Crippen MR) is 115 cm³/mol. The molecule has 0 radical (unpaired) electrons. The molecule has 1 amide bonds. The van der Waals surface area contributed by atoms with Gasteiger partial charge in [-0.1, -0.05) is 47.6 Å². The smallest absolute Gasteiger partial charge is 0.270 e. The van der Waals surface area contributed by atoms with Gasteiger partial charge in [-0.25, -0.2) is 0 Å². The summed E-state index contributed by atoms with van der Waals surface area (Å²) in [6.45, 7) is 1.42. The van der Waals surface area contributed by atoms with Crippen LogP contribution < -0.4 is 0 Å². The van der Waals surface area contributed by atoms with Gasteiger partial charge in [-0.15, -0.1) is 0 Å². The zero-order chi connectivity index (χ0) is 22.8. The molecule has 32 heavy (non-hydrogen) atoms. The number of aromatic nitrogens is 2. The Hall–Kier alpha value is -3.63. The van der Waals surface area contributed by atoms with E-state index in [4.69, 9.17) is 14.0 Å². The van der Waals surface area contributed by atoms with E-state index >= 15 is 0 Å². The maximum Gasteiger partial charge on any atom is 0.270 e. The Morgan fingerprint density at radius 2 is 1.97 bits per heavy atom. The summed E-state index contributed by atoms with van der Waals surface area (Å²) in [6, 6.07) is 15.6. The summed E-state index contributed by atoms with van der Waals surface area (Å²) in [5.74, 6) is 0.410. The van der Waals surface area contributed by atoms with E-state index in [0.29, 0.717) is 44.2 Å². The van der Waals surface area contributed by atoms with E-state index in [1.54, 1.807) is 24.1 Å². The highest BCUT2D eigenvalue weighted by Gasteiger charge is 2.17. The number of methoxy groups -OCH3 is 1. The Morgan fingerprint density at radius 1 is 1.16 bits per heavy atom. The van der Waals surface area contributed by atoms with E-state index in [9.17, 15) is 14.9 Å². The zero-order valence-corrected chi connectivity index (χ0v) is 17.7. The third kappa shape index (κ3) is 6.69. The van der Waals surface area contributed by atoms with Gasteiger partial charge in [-0.3, -0.25) is 14.9 Å². The van der Waals surface area contributed by atoms with Crippen molar-refractivity contribution in [1.29, 1.82) is 0 Å². The number of hydrogen-bond acceptors (Lipinski definition) is 8. The van der Waals surface area contributed by atoms with Crippen molar-refractivity contribution in [3.05, 3.63) is 76.2 Å². The van der Waals surface area contributed by atoms with Crippen LogP contribution in [0.2, 0.25) is 0 Å². The largest absolute Gasteiger partial charge is 0.383 e. The topological polar surface area (TPSA) is 121 Å². The van der Waals surface area contributed by atoms with Crippen molar-refractivity contribution < 1.29 is 23.7 Å². The minimum Gasteiger partial charge on any atom is -0.383 e. The monoisotopic (exact) mass is 440 g/mol. The molecule has 168 valence electrons. The number of carbonyl (C=O) groups is 1. The molecule has 0 saturated carbocycles. The van der Waals surface area contributed by atoms with Crippen LogP contribution in [0.3, 0.4) is 0 Å². The van der Waals surface area contributed by atoms with E-state index in [0.717, 1.165) is 5.56 Å². The lowest BCUT2D eigenvalue weighted by molar-refractivity contribution is -0.384. The lowest BCUT2D eigenvalue weighted by Gasteiger charge is -2.21. The Balaban J connectivity index is 1.56. The molecule has 3 aromatic rings. The van der Waals surface area contributed by atoms with Gasteiger partial charge in [0.15, 0.2) is 0 Å². The highest BCUT2D eigenvalue weighted by Crippen LogP contribution is 2.21. The number of nitro groups is 1. The summed E-state index contributed by atoms with van der Waals surface area (Å²) in [5, 5.41) is 14.8. The van der Waals surface area contributed by atoms with Gasteiger partial charge in [0.05, 0.1) is 18.1 Å². The van der Waals surface area contributed by atoms with Crippen LogP contribution in [0.15, 0.2) is 59.1 Å². The first-order valence-corrected chi connectivity index (χ1v) is 10.0. The minimum atomic E-state index is -0.482. The third-order valence-electron chi connectivity index (χ3n) is 4.63. The van der Waals surface area contributed by atoms with Crippen LogP contribution in [-0.4, -0.2) is 59.3 Å². The second-order valence-corrected chi connectivity index (χ2v) is 6.92. The first kappa shape index (κ1) is 23.0. The summed E-state index contributed by atoms with van der Waals surface area (Å²) in [4.78, 5) is 29.0.